The molecule has 0 spiro atoms. The third-order valence-corrected chi connectivity index (χ3v) is 1.28. The number of hydrogen-bond acceptors (Lipinski definition) is 0. The zero-order valence-corrected chi connectivity index (χ0v) is 18.7. The number of rotatable bonds is 0. The average molecular weight is 397 g/mol. The Morgan fingerprint density at radius 1 is 0.800 bits per heavy atom. The third-order valence-electron chi connectivity index (χ3n) is 1.28. The molecule has 0 aliphatic rings. The Hall–Kier alpha value is 1.18. The Kier molecular flexibility index (Phi) is 23.8. The first-order valence-electron chi connectivity index (χ1n) is 6.12. The molecule has 121 valence electrons. The van der Waals surface area contributed by atoms with E-state index in [2.05, 4.69) is 79.0 Å². The number of halogens is 2. The van der Waals surface area contributed by atoms with Crippen molar-refractivity contribution in [1.82, 2.24) is 0 Å². The van der Waals surface area contributed by atoms with Crippen LogP contribution in [0.15, 0.2) is 12.1 Å². The van der Waals surface area contributed by atoms with E-state index in [4.69, 9.17) is 20.2 Å². The van der Waals surface area contributed by atoms with Gasteiger partial charge in [0, 0.05) is 0 Å². The second kappa shape index (κ2) is 18.2. The van der Waals surface area contributed by atoms with Gasteiger partial charge in [0.1, 0.15) is 0 Å². The molecule has 0 heterocycles. The van der Waals surface area contributed by atoms with Crippen LogP contribution < -0.4 is 0 Å². The summed E-state index contributed by atoms with van der Waals surface area (Å²) in [7, 11) is 10.3. The Balaban J connectivity index is -0.000000223. The van der Waals surface area contributed by atoms with Crippen LogP contribution in [0.2, 0.25) is 0 Å². The van der Waals surface area contributed by atoms with Crippen LogP contribution in [0.4, 0.5) is 0 Å². The molecule has 1 rings (SSSR count). The first kappa shape index (κ1) is 26.1. The fraction of sp³-hybridized carbons (Fsp3) is 0.600. The maximum absolute atomic E-state index is 4.80. The zero-order chi connectivity index (χ0) is 16.7. The molecule has 0 aromatic heterocycles. The van der Waals surface area contributed by atoms with Crippen LogP contribution in [0, 0.1) is 26.8 Å². The molecule has 0 fully saturated rings. The molecule has 1 aromatic rings. The van der Waals surface area contributed by atoms with Crippen LogP contribution in [0.25, 0.3) is 0 Å². The van der Waals surface area contributed by atoms with Gasteiger partial charge in [-0.1, -0.05) is 20.8 Å². The molecule has 0 saturated carbocycles. The second-order valence-electron chi connectivity index (χ2n) is 5.26. The standard InChI is InChI=1S/C9H11.2C3H9P.2ClH.Mn/c1-7-4-8(2)6-9(3)5-7;2*1-4(2)3;;;/h4-5H,1-3H3;2*1-3H3;2*1H;/q-1;;;;;+2/p-2. The predicted octanol–water partition coefficient (Wildman–Crippen LogP) is 6.50. The molecule has 1 aromatic carbocycles. The number of hydrogen-bond donors (Lipinski definition) is 0. The van der Waals surface area contributed by atoms with Crippen molar-refractivity contribution < 1.29 is 13.1 Å². The van der Waals surface area contributed by atoms with Gasteiger partial charge in [0.15, 0.2) is 0 Å². The van der Waals surface area contributed by atoms with Gasteiger partial charge in [-0.05, 0) is 40.0 Å². The fourth-order valence-electron chi connectivity index (χ4n) is 1.11. The topological polar surface area (TPSA) is 0 Å². The van der Waals surface area contributed by atoms with Gasteiger partial charge in [-0.2, -0.15) is 34.9 Å². The summed E-state index contributed by atoms with van der Waals surface area (Å²) >= 11 is 0.00694. The van der Waals surface area contributed by atoms with Crippen molar-refractivity contribution in [1.29, 1.82) is 0 Å². The molecule has 0 saturated heterocycles. The second-order valence-corrected chi connectivity index (χ2v) is 12.6. The van der Waals surface area contributed by atoms with Crippen molar-refractivity contribution in [2.45, 2.75) is 20.8 Å². The Labute approximate surface area is 144 Å². The molecule has 0 aliphatic heterocycles. The summed E-state index contributed by atoms with van der Waals surface area (Å²) in [4.78, 5) is 0. The quantitative estimate of drug-likeness (QED) is 0.266. The summed E-state index contributed by atoms with van der Waals surface area (Å²) in [6, 6.07) is 7.47. The summed E-state index contributed by atoms with van der Waals surface area (Å²) in [5.41, 5.74) is 3.78. The van der Waals surface area contributed by atoms with Gasteiger partial charge >= 0.3 is 33.3 Å². The maximum atomic E-state index is 4.80. The summed E-state index contributed by atoms with van der Waals surface area (Å²) in [6.07, 6.45) is 0. The number of benzene rings is 1. The first-order chi connectivity index (χ1) is 9.06. The van der Waals surface area contributed by atoms with Crippen molar-refractivity contribution in [3.8, 4) is 0 Å². The van der Waals surface area contributed by atoms with Gasteiger partial charge in [0.2, 0.25) is 0 Å². The van der Waals surface area contributed by atoms with Crippen LogP contribution in [-0.4, -0.2) is 40.0 Å². The van der Waals surface area contributed by atoms with Crippen molar-refractivity contribution in [3.63, 3.8) is 0 Å². The predicted molar refractivity (Wildman–Crippen MR) is 101 cm³/mol. The monoisotopic (exact) mass is 396 g/mol. The van der Waals surface area contributed by atoms with E-state index in [1.807, 2.05) is 0 Å². The van der Waals surface area contributed by atoms with Crippen LogP contribution in [0.3, 0.4) is 0 Å². The van der Waals surface area contributed by atoms with E-state index in [0.717, 1.165) is 0 Å². The van der Waals surface area contributed by atoms with E-state index >= 15 is 0 Å². The minimum atomic E-state index is 0.00694. The van der Waals surface area contributed by atoms with Gasteiger partial charge in [0.25, 0.3) is 0 Å². The fourth-order valence-corrected chi connectivity index (χ4v) is 1.11. The molecule has 0 bridgehead atoms. The molecule has 0 nitrogen and oxygen atoms in total. The number of aryl methyl sites for hydroxylation is 3. The molecule has 0 atom stereocenters. The Bertz CT molecular complexity index is 257. The molecule has 0 aliphatic carbocycles. The molecule has 20 heavy (non-hydrogen) atoms. The Morgan fingerprint density at radius 2 is 1.00 bits per heavy atom. The van der Waals surface area contributed by atoms with Gasteiger partial charge in [0.05, 0.1) is 0 Å². The summed E-state index contributed by atoms with van der Waals surface area (Å²) in [5.74, 6) is 0. The van der Waals surface area contributed by atoms with Crippen molar-refractivity contribution >= 4 is 36.0 Å². The van der Waals surface area contributed by atoms with Gasteiger partial charge in [-0.15, -0.1) is 15.8 Å². The molecule has 0 amide bonds. The average Bonchev–Trinajstić information content (AvgIpc) is 2.13. The van der Waals surface area contributed by atoms with Crippen molar-refractivity contribution in [3.05, 3.63) is 34.9 Å². The van der Waals surface area contributed by atoms with Crippen molar-refractivity contribution in [2.24, 2.45) is 0 Å². The minimum absolute atomic E-state index is 0.00694. The van der Waals surface area contributed by atoms with Gasteiger partial charge in [-0.25, -0.2) is 0 Å². The first-order valence-corrected chi connectivity index (χ1v) is 14.7. The molecular formula is C15H29Cl2MnP2-. The van der Waals surface area contributed by atoms with Crippen LogP contribution >= 0.6 is 36.0 Å². The molecule has 0 N–H and O–H groups in total. The molecular weight excluding hydrogens is 368 g/mol. The molecule has 0 radical (unpaired) electrons. The SMILES string of the molecule is CP(C)C.CP(C)C.Cc1[c-]c(C)cc(C)c1.[Cl][Mn][Cl]. The van der Waals surface area contributed by atoms with Gasteiger partial charge < -0.3 is 0 Å². The summed E-state index contributed by atoms with van der Waals surface area (Å²) < 4.78 is 0. The van der Waals surface area contributed by atoms with Gasteiger partial charge in [-0.3, -0.25) is 0 Å². The van der Waals surface area contributed by atoms with E-state index in [-0.39, 0.29) is 13.1 Å². The molecule has 0 unspecified atom stereocenters. The van der Waals surface area contributed by atoms with E-state index in [1.165, 1.54) is 16.7 Å². The third kappa shape index (κ3) is 36.5. The van der Waals surface area contributed by atoms with E-state index in [9.17, 15) is 0 Å². The summed E-state index contributed by atoms with van der Waals surface area (Å²) in [6.45, 7) is 19.6. The zero-order valence-electron chi connectivity index (χ0n) is 14.2. The van der Waals surface area contributed by atoms with Crippen LogP contribution in [0.1, 0.15) is 16.7 Å². The normalized spacial score (nSPS) is 8.85. The van der Waals surface area contributed by atoms with Crippen molar-refractivity contribution in [2.75, 3.05) is 40.0 Å². The van der Waals surface area contributed by atoms with Crippen LogP contribution in [0.5, 0.6) is 0 Å². The van der Waals surface area contributed by atoms with Crippen LogP contribution in [-0.2, 0) is 13.1 Å². The molecule has 5 heteroatoms. The van der Waals surface area contributed by atoms with E-state index < -0.39 is 0 Å². The van der Waals surface area contributed by atoms with E-state index in [1.54, 1.807) is 0 Å². The Morgan fingerprint density at radius 3 is 1.15 bits per heavy atom. The summed E-state index contributed by atoms with van der Waals surface area (Å²) in [5, 5.41) is 0. The van der Waals surface area contributed by atoms with E-state index in [0.29, 0.717) is 15.8 Å².